The quantitative estimate of drug-likeness (QED) is 0.618. The molecule has 162 valence electrons. The van der Waals surface area contributed by atoms with Gasteiger partial charge in [-0.2, -0.15) is 0 Å². The number of halogens is 1. The van der Waals surface area contributed by atoms with Gasteiger partial charge >= 0.3 is 0 Å². The van der Waals surface area contributed by atoms with Crippen molar-refractivity contribution >= 4 is 29.1 Å². The molecule has 3 amide bonds. The molecule has 1 aliphatic heterocycles. The van der Waals surface area contributed by atoms with Crippen LogP contribution in [0.5, 0.6) is 0 Å². The summed E-state index contributed by atoms with van der Waals surface area (Å²) >= 11 is 0. The van der Waals surface area contributed by atoms with Crippen molar-refractivity contribution in [2.24, 2.45) is 11.7 Å². The second-order valence-electron chi connectivity index (χ2n) is 8.28. The van der Waals surface area contributed by atoms with Gasteiger partial charge in [-0.3, -0.25) is 19.3 Å². The minimum absolute atomic E-state index is 0.0871. The molecule has 1 saturated heterocycles. The summed E-state index contributed by atoms with van der Waals surface area (Å²) in [6.45, 7) is 1.19. The highest BCUT2D eigenvalue weighted by Gasteiger charge is 2.40. The highest BCUT2D eigenvalue weighted by Crippen LogP contribution is 2.35. The summed E-state index contributed by atoms with van der Waals surface area (Å²) in [7, 11) is 0. The van der Waals surface area contributed by atoms with Gasteiger partial charge in [0.05, 0.1) is 12.3 Å². The van der Waals surface area contributed by atoms with E-state index in [9.17, 15) is 18.8 Å². The predicted molar refractivity (Wildman–Crippen MR) is 108 cm³/mol. The number of hydrogen-bond donors (Lipinski definition) is 2. The van der Waals surface area contributed by atoms with Gasteiger partial charge in [0.2, 0.25) is 5.91 Å². The molecule has 4 rings (SSSR count). The standard InChI is InChI=1S/C21H27FN4O4/c22-16-10-14(6-7-17(16)25-8-9-30-12-18(25)27)24-21(29)19(20(23)28)26(11-13-4-5-13)15-2-1-3-15/h6-7,10,13,15,19H,1-5,8-9,11-12H2,(H2,23,28)(H,24,29)/t19-/m1/s1. The normalized spacial score (nSPS) is 20.7. The van der Waals surface area contributed by atoms with Crippen LogP contribution in [0.2, 0.25) is 0 Å². The van der Waals surface area contributed by atoms with E-state index in [1.54, 1.807) is 0 Å². The van der Waals surface area contributed by atoms with Crippen molar-refractivity contribution < 1.29 is 23.5 Å². The van der Waals surface area contributed by atoms with Gasteiger partial charge in [-0.05, 0) is 49.8 Å². The first kappa shape index (κ1) is 20.7. The maximum Gasteiger partial charge on any atom is 0.253 e. The van der Waals surface area contributed by atoms with Crippen LogP contribution in [-0.2, 0) is 19.1 Å². The number of amides is 3. The lowest BCUT2D eigenvalue weighted by Gasteiger charge is -2.40. The van der Waals surface area contributed by atoms with Gasteiger partial charge in [-0.15, -0.1) is 0 Å². The Bertz CT molecular complexity index is 840. The van der Waals surface area contributed by atoms with Crippen LogP contribution in [0, 0.1) is 11.7 Å². The molecule has 1 heterocycles. The fourth-order valence-corrected chi connectivity index (χ4v) is 4.01. The SMILES string of the molecule is NC(=O)[C@H](C(=O)Nc1ccc(N2CCOCC2=O)c(F)c1)N(CC1CC1)C1CCC1. The number of anilines is 2. The van der Waals surface area contributed by atoms with Gasteiger partial charge in [0, 0.05) is 24.8 Å². The van der Waals surface area contributed by atoms with Crippen LogP contribution >= 0.6 is 0 Å². The van der Waals surface area contributed by atoms with Crippen molar-refractivity contribution in [3.05, 3.63) is 24.0 Å². The van der Waals surface area contributed by atoms with Gasteiger partial charge in [0.15, 0.2) is 6.04 Å². The Morgan fingerprint density at radius 2 is 2.07 bits per heavy atom. The summed E-state index contributed by atoms with van der Waals surface area (Å²) < 4.78 is 19.7. The third-order valence-electron chi connectivity index (χ3n) is 6.05. The van der Waals surface area contributed by atoms with Gasteiger partial charge in [0.1, 0.15) is 12.4 Å². The minimum Gasteiger partial charge on any atom is -0.370 e. The van der Waals surface area contributed by atoms with Gasteiger partial charge in [-0.25, -0.2) is 4.39 Å². The lowest BCUT2D eigenvalue weighted by molar-refractivity contribution is -0.135. The number of carbonyl (C=O) groups is 3. The summed E-state index contributed by atoms with van der Waals surface area (Å²) in [6.07, 6.45) is 5.17. The fraction of sp³-hybridized carbons (Fsp3) is 0.571. The summed E-state index contributed by atoms with van der Waals surface area (Å²) in [6, 6.07) is 3.22. The maximum absolute atomic E-state index is 14.7. The van der Waals surface area contributed by atoms with Crippen LogP contribution in [0.15, 0.2) is 18.2 Å². The van der Waals surface area contributed by atoms with Crippen molar-refractivity contribution in [3.63, 3.8) is 0 Å². The van der Waals surface area contributed by atoms with Crippen LogP contribution < -0.4 is 16.0 Å². The molecule has 1 aromatic carbocycles. The van der Waals surface area contributed by atoms with E-state index in [2.05, 4.69) is 5.32 Å². The van der Waals surface area contributed by atoms with Crippen molar-refractivity contribution in [2.75, 3.05) is 36.5 Å². The van der Waals surface area contributed by atoms with E-state index in [1.807, 2.05) is 4.90 Å². The average molecular weight is 418 g/mol. The van der Waals surface area contributed by atoms with Crippen molar-refractivity contribution in [1.29, 1.82) is 0 Å². The molecule has 2 aliphatic carbocycles. The molecular formula is C21H27FN4O4. The maximum atomic E-state index is 14.7. The number of nitrogens with zero attached hydrogens (tertiary/aromatic N) is 2. The van der Waals surface area contributed by atoms with Gasteiger partial charge < -0.3 is 20.7 Å². The molecule has 0 aromatic heterocycles. The van der Waals surface area contributed by atoms with E-state index < -0.39 is 23.7 Å². The number of hydrogen-bond acceptors (Lipinski definition) is 5. The Kier molecular flexibility index (Phi) is 6.01. The Morgan fingerprint density at radius 1 is 1.30 bits per heavy atom. The third kappa shape index (κ3) is 4.46. The summed E-state index contributed by atoms with van der Waals surface area (Å²) in [5.41, 5.74) is 5.95. The molecule has 0 radical (unpaired) electrons. The minimum atomic E-state index is -1.08. The van der Waals surface area contributed by atoms with E-state index in [0.717, 1.165) is 38.2 Å². The summed E-state index contributed by atoms with van der Waals surface area (Å²) in [4.78, 5) is 40.3. The Hall–Kier alpha value is -2.52. The molecule has 30 heavy (non-hydrogen) atoms. The number of morpholine rings is 1. The molecule has 0 spiro atoms. The molecule has 2 saturated carbocycles. The van der Waals surface area contributed by atoms with Crippen LogP contribution in [0.1, 0.15) is 32.1 Å². The zero-order valence-electron chi connectivity index (χ0n) is 16.8. The first-order valence-electron chi connectivity index (χ1n) is 10.5. The van der Waals surface area contributed by atoms with E-state index in [0.29, 0.717) is 19.1 Å². The zero-order chi connectivity index (χ0) is 21.3. The molecule has 3 aliphatic rings. The Balaban J connectivity index is 1.48. The molecule has 1 aromatic rings. The number of nitrogens with one attached hydrogen (secondary N) is 1. The number of benzene rings is 1. The first-order valence-corrected chi connectivity index (χ1v) is 10.5. The fourth-order valence-electron chi connectivity index (χ4n) is 4.01. The molecule has 1 atom stereocenters. The van der Waals surface area contributed by atoms with Crippen LogP contribution in [-0.4, -0.2) is 61.0 Å². The van der Waals surface area contributed by atoms with Gasteiger partial charge in [-0.1, -0.05) is 6.42 Å². The molecule has 8 nitrogen and oxygen atoms in total. The molecular weight excluding hydrogens is 391 g/mol. The van der Waals surface area contributed by atoms with Gasteiger partial charge in [0.25, 0.3) is 11.8 Å². The highest BCUT2D eigenvalue weighted by atomic mass is 19.1. The summed E-state index contributed by atoms with van der Waals surface area (Å²) in [5, 5.41) is 2.63. The van der Waals surface area contributed by atoms with E-state index >= 15 is 0 Å². The van der Waals surface area contributed by atoms with Crippen LogP contribution in [0.25, 0.3) is 0 Å². The van der Waals surface area contributed by atoms with Crippen molar-refractivity contribution in [3.8, 4) is 0 Å². The number of carbonyl (C=O) groups excluding carboxylic acids is 3. The van der Waals surface area contributed by atoms with Crippen molar-refractivity contribution in [1.82, 2.24) is 4.90 Å². The molecule has 0 bridgehead atoms. The smallest absolute Gasteiger partial charge is 0.253 e. The topological polar surface area (TPSA) is 105 Å². The third-order valence-corrected chi connectivity index (χ3v) is 6.05. The van der Waals surface area contributed by atoms with Crippen molar-refractivity contribution in [2.45, 2.75) is 44.2 Å². The molecule has 9 heteroatoms. The van der Waals surface area contributed by atoms with E-state index in [1.165, 1.54) is 17.0 Å². The molecule has 0 unspecified atom stereocenters. The number of primary amides is 1. The first-order chi connectivity index (χ1) is 14.4. The highest BCUT2D eigenvalue weighted by molar-refractivity contribution is 6.09. The average Bonchev–Trinajstić information content (AvgIpc) is 3.45. The zero-order valence-corrected chi connectivity index (χ0v) is 16.8. The van der Waals surface area contributed by atoms with E-state index in [4.69, 9.17) is 10.5 Å². The largest absolute Gasteiger partial charge is 0.370 e. The summed E-state index contributed by atoms with van der Waals surface area (Å²) in [5.74, 6) is -1.70. The number of rotatable bonds is 8. The number of ether oxygens (including phenoxy) is 1. The van der Waals surface area contributed by atoms with Crippen LogP contribution in [0.3, 0.4) is 0 Å². The Labute approximate surface area is 174 Å². The van der Waals surface area contributed by atoms with E-state index in [-0.39, 0.29) is 36.5 Å². The molecule has 3 N–H and O–H groups in total. The Morgan fingerprint density at radius 3 is 2.63 bits per heavy atom. The number of nitrogens with two attached hydrogens (primary N) is 1. The molecule has 3 fully saturated rings. The lowest BCUT2D eigenvalue weighted by atomic mass is 9.89. The van der Waals surface area contributed by atoms with Crippen LogP contribution in [0.4, 0.5) is 15.8 Å². The second-order valence-corrected chi connectivity index (χ2v) is 8.28. The monoisotopic (exact) mass is 418 g/mol. The second kappa shape index (κ2) is 8.69. The lowest BCUT2D eigenvalue weighted by Crippen LogP contribution is -2.57. The predicted octanol–water partition coefficient (Wildman–Crippen LogP) is 1.25.